The summed E-state index contributed by atoms with van der Waals surface area (Å²) in [6.07, 6.45) is 0.487. The molecule has 2 aromatic carbocycles. The molecular formula is C26H29ClN6O3S2. The van der Waals surface area contributed by atoms with Gasteiger partial charge in [-0.1, -0.05) is 42.5 Å². The van der Waals surface area contributed by atoms with Crippen molar-refractivity contribution in [3.8, 4) is 0 Å². The van der Waals surface area contributed by atoms with Gasteiger partial charge in [0.25, 0.3) is 0 Å². The molecule has 1 unspecified atom stereocenters. The zero-order valence-corrected chi connectivity index (χ0v) is 22.9. The molecule has 0 saturated carbocycles. The van der Waals surface area contributed by atoms with Gasteiger partial charge < -0.3 is 26.8 Å². The fourth-order valence-corrected chi connectivity index (χ4v) is 4.86. The summed E-state index contributed by atoms with van der Waals surface area (Å²) in [5.41, 5.74) is 9.50. The smallest absolute Gasteiger partial charge is 0.232 e. The van der Waals surface area contributed by atoms with Gasteiger partial charge in [0, 0.05) is 23.0 Å². The SMILES string of the molecule is Cl.Nc1nc(CC(=O)Nc2nc(CC(=O)Nc3ccc(CCNCC(O)c4ccccc4)cc3)cs2)cs1. The first-order chi connectivity index (χ1) is 17.9. The molecule has 2 aromatic heterocycles. The Morgan fingerprint density at radius 2 is 1.55 bits per heavy atom. The number of carbonyl (C=O) groups is 2. The molecule has 0 aliphatic heterocycles. The molecule has 38 heavy (non-hydrogen) atoms. The Balaban J connectivity index is 0.00000400. The molecule has 2 amide bonds. The van der Waals surface area contributed by atoms with Gasteiger partial charge >= 0.3 is 0 Å². The van der Waals surface area contributed by atoms with Gasteiger partial charge in [-0.2, -0.15) is 0 Å². The minimum atomic E-state index is -0.535. The lowest BCUT2D eigenvalue weighted by atomic mass is 10.1. The lowest BCUT2D eigenvalue weighted by molar-refractivity contribution is -0.116. The topological polar surface area (TPSA) is 142 Å². The number of nitrogens with zero attached hydrogens (tertiary/aromatic N) is 2. The molecule has 0 radical (unpaired) electrons. The number of hydrogen-bond acceptors (Lipinski definition) is 9. The van der Waals surface area contributed by atoms with Crippen LogP contribution in [0.25, 0.3) is 0 Å². The molecule has 12 heteroatoms. The van der Waals surface area contributed by atoms with Crippen molar-refractivity contribution in [3.63, 3.8) is 0 Å². The molecule has 0 fully saturated rings. The van der Waals surface area contributed by atoms with Gasteiger partial charge in [0.1, 0.15) is 0 Å². The van der Waals surface area contributed by atoms with Gasteiger partial charge in [0.05, 0.1) is 30.3 Å². The predicted octanol–water partition coefficient (Wildman–Crippen LogP) is 3.83. The van der Waals surface area contributed by atoms with E-state index in [0.29, 0.717) is 33.9 Å². The van der Waals surface area contributed by atoms with Gasteiger partial charge in [-0.05, 0) is 36.2 Å². The second-order valence-corrected chi connectivity index (χ2v) is 10.1. The van der Waals surface area contributed by atoms with Crippen LogP contribution in [0.5, 0.6) is 0 Å². The summed E-state index contributed by atoms with van der Waals surface area (Å²) in [6, 6.07) is 17.2. The van der Waals surface area contributed by atoms with E-state index in [0.717, 1.165) is 24.1 Å². The molecule has 1 atom stereocenters. The van der Waals surface area contributed by atoms with Crippen molar-refractivity contribution in [1.82, 2.24) is 15.3 Å². The standard InChI is InChI=1S/C26H28N6O3S2.ClH/c27-25-30-20(15-36-25)12-24(35)32-26-31-21(16-37-26)13-23(34)29-19-8-6-17(7-9-19)10-11-28-14-22(33)18-4-2-1-3-5-18;/h1-9,15-16,22,28,33H,10-14H2,(H2,27,30)(H,29,34)(H,31,32,35);1H. The predicted molar refractivity (Wildman–Crippen MR) is 155 cm³/mol. The van der Waals surface area contributed by atoms with E-state index in [9.17, 15) is 14.7 Å². The highest BCUT2D eigenvalue weighted by Gasteiger charge is 2.12. The number of nitrogens with two attached hydrogens (primary N) is 1. The highest BCUT2D eigenvalue weighted by molar-refractivity contribution is 7.14. The minimum Gasteiger partial charge on any atom is -0.387 e. The highest BCUT2D eigenvalue weighted by Crippen LogP contribution is 2.18. The summed E-state index contributed by atoms with van der Waals surface area (Å²) < 4.78 is 0. The third kappa shape index (κ3) is 9.19. The van der Waals surface area contributed by atoms with E-state index in [1.54, 1.807) is 10.8 Å². The Morgan fingerprint density at radius 1 is 0.895 bits per heavy atom. The van der Waals surface area contributed by atoms with E-state index >= 15 is 0 Å². The first-order valence-electron chi connectivity index (χ1n) is 11.7. The first kappa shape index (κ1) is 29.2. The fourth-order valence-electron chi connectivity index (χ4n) is 3.57. The summed E-state index contributed by atoms with van der Waals surface area (Å²) in [7, 11) is 0. The Bertz CT molecular complexity index is 1310. The van der Waals surface area contributed by atoms with Crippen molar-refractivity contribution in [2.75, 3.05) is 29.5 Å². The van der Waals surface area contributed by atoms with Gasteiger partial charge in [0.2, 0.25) is 11.8 Å². The van der Waals surface area contributed by atoms with Crippen molar-refractivity contribution in [1.29, 1.82) is 0 Å². The van der Waals surface area contributed by atoms with Gasteiger partial charge in [-0.25, -0.2) is 9.97 Å². The van der Waals surface area contributed by atoms with E-state index < -0.39 is 6.10 Å². The van der Waals surface area contributed by atoms with Crippen LogP contribution in [-0.2, 0) is 28.9 Å². The van der Waals surface area contributed by atoms with Crippen molar-refractivity contribution < 1.29 is 14.7 Å². The number of carbonyl (C=O) groups excluding carboxylic acids is 2. The van der Waals surface area contributed by atoms with Crippen LogP contribution in [0.1, 0.15) is 28.6 Å². The highest BCUT2D eigenvalue weighted by atomic mass is 35.5. The number of aliphatic hydroxyl groups excluding tert-OH is 1. The summed E-state index contributed by atoms with van der Waals surface area (Å²) in [4.78, 5) is 33.0. The number of halogens is 1. The number of benzene rings is 2. The number of hydrogen-bond donors (Lipinski definition) is 5. The molecule has 0 bridgehead atoms. The van der Waals surface area contributed by atoms with Crippen LogP contribution in [0.15, 0.2) is 65.4 Å². The Kier molecular flexibility index (Phi) is 11.2. The molecule has 0 aliphatic rings. The van der Waals surface area contributed by atoms with Crippen molar-refractivity contribution in [2.24, 2.45) is 0 Å². The first-order valence-corrected chi connectivity index (χ1v) is 13.5. The summed E-state index contributed by atoms with van der Waals surface area (Å²) in [5, 5.41) is 23.4. The maximum Gasteiger partial charge on any atom is 0.232 e. The van der Waals surface area contributed by atoms with Crippen molar-refractivity contribution >= 4 is 62.8 Å². The van der Waals surface area contributed by atoms with Crippen LogP contribution in [-0.4, -0.2) is 40.0 Å². The van der Waals surface area contributed by atoms with E-state index in [4.69, 9.17) is 5.73 Å². The van der Waals surface area contributed by atoms with E-state index in [-0.39, 0.29) is 37.1 Å². The van der Waals surface area contributed by atoms with Crippen molar-refractivity contribution in [2.45, 2.75) is 25.4 Å². The maximum absolute atomic E-state index is 12.4. The number of amides is 2. The molecule has 9 nitrogen and oxygen atoms in total. The van der Waals surface area contributed by atoms with E-state index in [1.807, 2.05) is 54.6 Å². The lowest BCUT2D eigenvalue weighted by Gasteiger charge is -2.12. The van der Waals surface area contributed by atoms with Gasteiger partial charge in [-0.15, -0.1) is 35.1 Å². The third-order valence-electron chi connectivity index (χ3n) is 5.40. The second-order valence-electron chi connectivity index (χ2n) is 8.35. The average molecular weight is 573 g/mol. The van der Waals surface area contributed by atoms with Crippen LogP contribution in [0.4, 0.5) is 16.0 Å². The van der Waals surface area contributed by atoms with Gasteiger partial charge in [-0.3, -0.25) is 9.59 Å². The van der Waals surface area contributed by atoms with Crippen LogP contribution in [0.2, 0.25) is 0 Å². The molecule has 2 heterocycles. The number of rotatable bonds is 12. The molecule has 4 rings (SSSR count). The van der Waals surface area contributed by atoms with E-state index in [2.05, 4.69) is 25.9 Å². The number of nitrogens with one attached hydrogen (secondary N) is 3. The van der Waals surface area contributed by atoms with E-state index in [1.165, 1.54) is 22.7 Å². The van der Waals surface area contributed by atoms with Crippen LogP contribution in [0.3, 0.4) is 0 Å². The van der Waals surface area contributed by atoms with Crippen LogP contribution < -0.4 is 21.7 Å². The normalized spacial score (nSPS) is 11.4. The van der Waals surface area contributed by atoms with Gasteiger partial charge in [0.15, 0.2) is 10.3 Å². The molecule has 0 aliphatic carbocycles. The Hall–Kier alpha value is -3.35. The number of aromatic nitrogens is 2. The number of nitrogen functional groups attached to an aromatic ring is 1. The molecule has 0 saturated heterocycles. The van der Waals surface area contributed by atoms with Crippen molar-refractivity contribution in [3.05, 3.63) is 87.9 Å². The maximum atomic E-state index is 12.4. The summed E-state index contributed by atoms with van der Waals surface area (Å²) >= 11 is 2.55. The quantitative estimate of drug-likeness (QED) is 0.162. The second kappa shape index (κ2) is 14.6. The Labute approximate surface area is 235 Å². The third-order valence-corrected chi connectivity index (χ3v) is 6.93. The summed E-state index contributed by atoms with van der Waals surface area (Å²) in [5.74, 6) is -0.427. The fraction of sp³-hybridized carbons (Fsp3) is 0.231. The zero-order valence-electron chi connectivity index (χ0n) is 20.4. The summed E-state index contributed by atoms with van der Waals surface area (Å²) in [6.45, 7) is 1.22. The molecular weight excluding hydrogens is 544 g/mol. The van der Waals surface area contributed by atoms with Crippen LogP contribution >= 0.6 is 35.1 Å². The molecule has 0 spiro atoms. The number of anilines is 3. The number of aliphatic hydroxyl groups is 1. The number of thiazole rings is 2. The van der Waals surface area contributed by atoms with Crippen LogP contribution in [0, 0.1) is 0 Å². The minimum absolute atomic E-state index is 0. The zero-order chi connectivity index (χ0) is 26.0. The molecule has 6 N–H and O–H groups in total. The lowest BCUT2D eigenvalue weighted by Crippen LogP contribution is -2.23. The average Bonchev–Trinajstić information content (AvgIpc) is 3.50. The monoisotopic (exact) mass is 572 g/mol. The largest absolute Gasteiger partial charge is 0.387 e. The molecule has 200 valence electrons. The molecule has 4 aromatic rings. The Morgan fingerprint density at radius 3 is 2.24 bits per heavy atom.